The molecule has 1 amide bonds. The fourth-order valence-electron chi connectivity index (χ4n) is 3.64. The smallest absolute Gasteiger partial charge is 0.227 e. The highest BCUT2D eigenvalue weighted by atomic mass is 16.1. The Hall–Kier alpha value is -2.89. The quantitative estimate of drug-likeness (QED) is 0.747. The minimum absolute atomic E-state index is 0.131. The van der Waals surface area contributed by atoms with Gasteiger partial charge in [0.25, 0.3) is 0 Å². The SMILES string of the molecule is Cc1ccc(NC(=O)C2CCCC2)cc1-n1ccnc1-c1nc[nH]c1C. The molecule has 0 saturated heterocycles. The molecule has 4 rings (SSSR count). The summed E-state index contributed by atoms with van der Waals surface area (Å²) in [6.07, 6.45) is 9.66. The van der Waals surface area contributed by atoms with Gasteiger partial charge in [0.1, 0.15) is 5.69 Å². The van der Waals surface area contributed by atoms with Crippen molar-refractivity contribution in [2.45, 2.75) is 39.5 Å². The zero-order valence-electron chi connectivity index (χ0n) is 15.1. The molecule has 1 aliphatic carbocycles. The van der Waals surface area contributed by atoms with Gasteiger partial charge in [0.05, 0.1) is 12.0 Å². The van der Waals surface area contributed by atoms with Gasteiger partial charge in [-0.05, 0) is 44.4 Å². The molecule has 1 aliphatic rings. The molecule has 2 aromatic heterocycles. The summed E-state index contributed by atoms with van der Waals surface area (Å²) >= 11 is 0. The lowest BCUT2D eigenvalue weighted by Crippen LogP contribution is -2.20. The molecule has 1 fully saturated rings. The zero-order valence-corrected chi connectivity index (χ0v) is 15.1. The average Bonchev–Trinajstić information content (AvgIpc) is 3.37. The Kier molecular flexibility index (Phi) is 4.32. The summed E-state index contributed by atoms with van der Waals surface area (Å²) in [4.78, 5) is 24.4. The molecule has 6 heteroatoms. The van der Waals surface area contributed by atoms with Crippen LogP contribution in [0.1, 0.15) is 36.9 Å². The first kappa shape index (κ1) is 16.6. The van der Waals surface area contributed by atoms with E-state index in [1.165, 1.54) is 0 Å². The van der Waals surface area contributed by atoms with Gasteiger partial charge in [0.2, 0.25) is 5.91 Å². The van der Waals surface area contributed by atoms with Crippen LogP contribution in [0.4, 0.5) is 5.69 Å². The van der Waals surface area contributed by atoms with Crippen molar-refractivity contribution in [3.05, 3.63) is 48.2 Å². The first-order valence-corrected chi connectivity index (χ1v) is 9.09. The number of carbonyl (C=O) groups excluding carboxylic acids is 1. The van der Waals surface area contributed by atoms with Crippen molar-refractivity contribution in [2.75, 3.05) is 5.32 Å². The number of benzene rings is 1. The number of H-pyrrole nitrogens is 1. The summed E-state index contributed by atoms with van der Waals surface area (Å²) in [6.45, 7) is 4.03. The molecule has 134 valence electrons. The molecule has 6 nitrogen and oxygen atoms in total. The van der Waals surface area contributed by atoms with Gasteiger partial charge < -0.3 is 10.3 Å². The van der Waals surface area contributed by atoms with Crippen LogP contribution in [0.5, 0.6) is 0 Å². The largest absolute Gasteiger partial charge is 0.348 e. The molecule has 2 heterocycles. The van der Waals surface area contributed by atoms with Crippen LogP contribution in [0.2, 0.25) is 0 Å². The number of aromatic amines is 1. The maximum Gasteiger partial charge on any atom is 0.227 e. The van der Waals surface area contributed by atoms with Gasteiger partial charge in [-0.15, -0.1) is 0 Å². The van der Waals surface area contributed by atoms with E-state index >= 15 is 0 Å². The molecule has 0 atom stereocenters. The molecule has 0 radical (unpaired) electrons. The summed E-state index contributed by atoms with van der Waals surface area (Å²) in [5, 5.41) is 3.08. The first-order valence-electron chi connectivity index (χ1n) is 9.09. The lowest BCUT2D eigenvalue weighted by atomic mass is 10.1. The van der Waals surface area contributed by atoms with Crippen molar-refractivity contribution < 1.29 is 4.79 Å². The summed E-state index contributed by atoms with van der Waals surface area (Å²) in [7, 11) is 0. The highest BCUT2D eigenvalue weighted by molar-refractivity contribution is 5.93. The number of anilines is 1. The van der Waals surface area contributed by atoms with Crippen LogP contribution in [0.15, 0.2) is 36.9 Å². The van der Waals surface area contributed by atoms with E-state index in [2.05, 4.69) is 27.2 Å². The van der Waals surface area contributed by atoms with Gasteiger partial charge in [-0.1, -0.05) is 18.9 Å². The van der Waals surface area contributed by atoms with E-state index in [0.717, 1.165) is 59.8 Å². The van der Waals surface area contributed by atoms with Gasteiger partial charge in [0.15, 0.2) is 5.82 Å². The Bertz CT molecular complexity index is 933. The fourth-order valence-corrected chi connectivity index (χ4v) is 3.64. The average molecular weight is 349 g/mol. The van der Waals surface area contributed by atoms with Crippen LogP contribution in [0, 0.1) is 19.8 Å². The van der Waals surface area contributed by atoms with Gasteiger partial charge in [-0.3, -0.25) is 9.36 Å². The number of aryl methyl sites for hydroxylation is 2. The Morgan fingerprint density at radius 1 is 1.23 bits per heavy atom. The lowest BCUT2D eigenvalue weighted by molar-refractivity contribution is -0.119. The monoisotopic (exact) mass is 349 g/mol. The van der Waals surface area contributed by atoms with E-state index < -0.39 is 0 Å². The Balaban J connectivity index is 1.66. The van der Waals surface area contributed by atoms with E-state index in [9.17, 15) is 4.79 Å². The predicted molar refractivity (Wildman–Crippen MR) is 101 cm³/mol. The molecule has 26 heavy (non-hydrogen) atoms. The van der Waals surface area contributed by atoms with Crippen LogP contribution in [-0.2, 0) is 4.79 Å². The topological polar surface area (TPSA) is 75.6 Å². The fraction of sp³-hybridized carbons (Fsp3) is 0.350. The van der Waals surface area contributed by atoms with Crippen molar-refractivity contribution in [1.82, 2.24) is 19.5 Å². The van der Waals surface area contributed by atoms with Crippen LogP contribution in [0.25, 0.3) is 17.2 Å². The molecule has 1 aromatic carbocycles. The van der Waals surface area contributed by atoms with E-state index in [1.807, 2.05) is 35.9 Å². The third-order valence-electron chi connectivity index (χ3n) is 5.14. The standard InChI is InChI=1S/C20H23N5O/c1-13-7-8-16(24-20(26)15-5-3-4-6-15)11-17(13)25-10-9-21-19(25)18-14(2)22-12-23-18/h7-12,15H,3-6H2,1-2H3,(H,22,23)(H,24,26). The Morgan fingerprint density at radius 3 is 2.77 bits per heavy atom. The third kappa shape index (κ3) is 3.03. The Morgan fingerprint density at radius 2 is 2.04 bits per heavy atom. The number of hydrogen-bond donors (Lipinski definition) is 2. The van der Waals surface area contributed by atoms with Crippen molar-refractivity contribution in [2.24, 2.45) is 5.92 Å². The highest BCUT2D eigenvalue weighted by Gasteiger charge is 2.23. The minimum atomic E-state index is 0.131. The van der Waals surface area contributed by atoms with Crippen LogP contribution >= 0.6 is 0 Å². The minimum Gasteiger partial charge on any atom is -0.348 e. The first-order chi connectivity index (χ1) is 12.6. The molecule has 0 unspecified atom stereocenters. The van der Waals surface area contributed by atoms with Crippen LogP contribution < -0.4 is 5.32 Å². The third-order valence-corrected chi connectivity index (χ3v) is 5.14. The second kappa shape index (κ2) is 6.78. The number of nitrogens with zero attached hydrogens (tertiary/aromatic N) is 3. The number of aromatic nitrogens is 4. The van der Waals surface area contributed by atoms with Gasteiger partial charge >= 0.3 is 0 Å². The van der Waals surface area contributed by atoms with Crippen molar-refractivity contribution >= 4 is 11.6 Å². The number of hydrogen-bond acceptors (Lipinski definition) is 3. The summed E-state index contributed by atoms with van der Waals surface area (Å²) in [5.41, 5.74) is 4.72. The number of amides is 1. The van der Waals surface area contributed by atoms with E-state index in [0.29, 0.717) is 0 Å². The number of rotatable bonds is 4. The molecule has 2 N–H and O–H groups in total. The molecule has 0 bridgehead atoms. The number of nitrogens with one attached hydrogen (secondary N) is 2. The van der Waals surface area contributed by atoms with Gasteiger partial charge in [0, 0.05) is 29.7 Å². The molecule has 3 aromatic rings. The van der Waals surface area contributed by atoms with Crippen molar-refractivity contribution in [1.29, 1.82) is 0 Å². The lowest BCUT2D eigenvalue weighted by Gasteiger charge is -2.15. The summed E-state index contributed by atoms with van der Waals surface area (Å²) < 4.78 is 2.02. The Labute approximate surface area is 152 Å². The normalized spacial score (nSPS) is 14.7. The van der Waals surface area contributed by atoms with Crippen molar-refractivity contribution in [3.63, 3.8) is 0 Å². The predicted octanol–water partition coefficient (Wildman–Crippen LogP) is 4.01. The van der Waals surface area contributed by atoms with Crippen LogP contribution in [0.3, 0.4) is 0 Å². The summed E-state index contributed by atoms with van der Waals surface area (Å²) in [5.74, 6) is 1.06. The van der Waals surface area contributed by atoms with Crippen molar-refractivity contribution in [3.8, 4) is 17.2 Å². The van der Waals surface area contributed by atoms with Crippen LogP contribution in [-0.4, -0.2) is 25.4 Å². The maximum atomic E-state index is 12.5. The van der Waals surface area contributed by atoms with E-state index in [4.69, 9.17) is 0 Å². The second-order valence-corrected chi connectivity index (χ2v) is 6.97. The molecular weight excluding hydrogens is 326 g/mol. The van der Waals surface area contributed by atoms with Gasteiger partial charge in [-0.2, -0.15) is 0 Å². The highest BCUT2D eigenvalue weighted by Crippen LogP contribution is 2.28. The van der Waals surface area contributed by atoms with E-state index in [1.54, 1.807) is 12.5 Å². The maximum absolute atomic E-state index is 12.5. The second-order valence-electron chi connectivity index (χ2n) is 6.97. The molecular formula is C20H23N5O. The van der Waals surface area contributed by atoms with E-state index in [-0.39, 0.29) is 11.8 Å². The zero-order chi connectivity index (χ0) is 18.1. The van der Waals surface area contributed by atoms with Gasteiger partial charge in [-0.25, -0.2) is 9.97 Å². The molecule has 0 aliphatic heterocycles. The number of carbonyl (C=O) groups is 1. The molecule has 0 spiro atoms. The number of imidazole rings is 2. The summed E-state index contributed by atoms with van der Waals surface area (Å²) in [6, 6.07) is 6.00. The molecule has 1 saturated carbocycles.